The Morgan fingerprint density at radius 3 is 2.30 bits per heavy atom. The van der Waals surface area contributed by atoms with Crippen molar-refractivity contribution in [3.8, 4) is 5.75 Å². The van der Waals surface area contributed by atoms with Crippen molar-refractivity contribution in [2.45, 2.75) is 25.4 Å². The molecule has 0 aliphatic heterocycles. The van der Waals surface area contributed by atoms with Gasteiger partial charge in [0, 0.05) is 12.8 Å². The number of rotatable bonds is 5. The minimum Gasteiger partial charge on any atom is -0.497 e. The van der Waals surface area contributed by atoms with Crippen LogP contribution < -0.4 is 4.74 Å². The normalized spacial score (nSPS) is 13.8. The van der Waals surface area contributed by atoms with E-state index in [1.807, 2.05) is 24.3 Å². The lowest BCUT2D eigenvalue weighted by Crippen LogP contribution is -2.30. The van der Waals surface area contributed by atoms with Gasteiger partial charge < -0.3 is 9.84 Å². The van der Waals surface area contributed by atoms with Crippen LogP contribution in [-0.2, 0) is 12.8 Å². The van der Waals surface area contributed by atoms with E-state index in [9.17, 15) is 9.50 Å². The Hall–Kier alpha value is -1.87. The monoisotopic (exact) mass is 274 g/mol. The molecule has 106 valence electrons. The maximum absolute atomic E-state index is 13.6. The van der Waals surface area contributed by atoms with E-state index in [0.29, 0.717) is 12.0 Å². The highest BCUT2D eigenvalue weighted by Gasteiger charge is 2.23. The van der Waals surface area contributed by atoms with Crippen molar-refractivity contribution in [3.05, 3.63) is 65.5 Å². The number of ether oxygens (including phenoxy) is 1. The summed E-state index contributed by atoms with van der Waals surface area (Å²) in [5.74, 6) is 0.505. The minimum absolute atomic E-state index is 0.275. The van der Waals surface area contributed by atoms with Crippen LogP contribution >= 0.6 is 0 Å². The Kier molecular flexibility index (Phi) is 4.40. The lowest BCUT2D eigenvalue weighted by molar-refractivity contribution is 0.0599. The summed E-state index contributed by atoms with van der Waals surface area (Å²) in [5, 5.41) is 10.5. The second-order valence-electron chi connectivity index (χ2n) is 5.29. The third-order valence-corrected chi connectivity index (χ3v) is 3.27. The molecule has 20 heavy (non-hydrogen) atoms. The number of halogens is 1. The van der Waals surface area contributed by atoms with Gasteiger partial charge >= 0.3 is 0 Å². The Labute approximate surface area is 118 Å². The number of hydrogen-bond donors (Lipinski definition) is 1. The molecule has 0 aliphatic rings. The molecule has 3 heteroatoms. The van der Waals surface area contributed by atoms with Crippen molar-refractivity contribution in [1.82, 2.24) is 0 Å². The largest absolute Gasteiger partial charge is 0.497 e. The van der Waals surface area contributed by atoms with Crippen molar-refractivity contribution in [3.63, 3.8) is 0 Å². The quantitative estimate of drug-likeness (QED) is 0.905. The molecule has 0 saturated heterocycles. The molecule has 2 nitrogen and oxygen atoms in total. The summed E-state index contributed by atoms with van der Waals surface area (Å²) < 4.78 is 18.7. The average Bonchev–Trinajstić information content (AvgIpc) is 2.41. The maximum Gasteiger partial charge on any atom is 0.126 e. The molecule has 0 bridgehead atoms. The van der Waals surface area contributed by atoms with E-state index >= 15 is 0 Å². The fourth-order valence-electron chi connectivity index (χ4n) is 2.30. The van der Waals surface area contributed by atoms with Gasteiger partial charge in [-0.2, -0.15) is 0 Å². The molecule has 0 radical (unpaired) electrons. The van der Waals surface area contributed by atoms with Crippen LogP contribution in [0.25, 0.3) is 0 Å². The second kappa shape index (κ2) is 6.06. The van der Waals surface area contributed by atoms with Gasteiger partial charge in [-0.3, -0.25) is 0 Å². The Balaban J connectivity index is 2.08. The van der Waals surface area contributed by atoms with Gasteiger partial charge in [-0.15, -0.1) is 0 Å². The molecule has 0 aliphatic carbocycles. The highest BCUT2D eigenvalue weighted by Crippen LogP contribution is 2.21. The first-order chi connectivity index (χ1) is 9.50. The molecule has 0 fully saturated rings. The highest BCUT2D eigenvalue weighted by atomic mass is 19.1. The lowest BCUT2D eigenvalue weighted by atomic mass is 9.89. The molecule has 2 aromatic carbocycles. The van der Waals surface area contributed by atoms with Crippen LogP contribution in [0.1, 0.15) is 18.1 Å². The van der Waals surface area contributed by atoms with Crippen LogP contribution in [0, 0.1) is 5.82 Å². The van der Waals surface area contributed by atoms with E-state index in [0.717, 1.165) is 11.3 Å². The van der Waals surface area contributed by atoms with E-state index in [2.05, 4.69) is 0 Å². The van der Waals surface area contributed by atoms with Crippen LogP contribution in [0.5, 0.6) is 5.75 Å². The van der Waals surface area contributed by atoms with E-state index in [4.69, 9.17) is 4.74 Å². The molecule has 0 amide bonds. The fourth-order valence-corrected chi connectivity index (χ4v) is 2.30. The van der Waals surface area contributed by atoms with Crippen molar-refractivity contribution < 1.29 is 14.2 Å². The molecule has 2 aromatic rings. The van der Waals surface area contributed by atoms with Crippen LogP contribution in [0.3, 0.4) is 0 Å². The zero-order chi connectivity index (χ0) is 14.6. The topological polar surface area (TPSA) is 29.5 Å². The Morgan fingerprint density at radius 1 is 1.05 bits per heavy atom. The smallest absolute Gasteiger partial charge is 0.126 e. The van der Waals surface area contributed by atoms with Crippen molar-refractivity contribution in [2.75, 3.05) is 7.11 Å². The van der Waals surface area contributed by atoms with Gasteiger partial charge in [0.05, 0.1) is 12.7 Å². The van der Waals surface area contributed by atoms with Gasteiger partial charge in [0.15, 0.2) is 0 Å². The van der Waals surface area contributed by atoms with Gasteiger partial charge in [-0.1, -0.05) is 30.3 Å². The van der Waals surface area contributed by atoms with Gasteiger partial charge in [0.25, 0.3) is 0 Å². The summed E-state index contributed by atoms with van der Waals surface area (Å²) in [5.41, 5.74) is 0.537. The highest BCUT2D eigenvalue weighted by molar-refractivity contribution is 5.28. The number of hydrogen-bond acceptors (Lipinski definition) is 2. The summed E-state index contributed by atoms with van der Waals surface area (Å²) in [6.07, 6.45) is 0.747. The van der Waals surface area contributed by atoms with Gasteiger partial charge in [-0.05, 0) is 36.2 Å². The van der Waals surface area contributed by atoms with Gasteiger partial charge in [-0.25, -0.2) is 4.39 Å². The molecular formula is C17H19FO2. The third kappa shape index (κ3) is 3.81. The second-order valence-corrected chi connectivity index (χ2v) is 5.29. The van der Waals surface area contributed by atoms with Crippen molar-refractivity contribution >= 4 is 0 Å². The summed E-state index contributed by atoms with van der Waals surface area (Å²) in [6, 6.07) is 14.1. The zero-order valence-electron chi connectivity index (χ0n) is 11.8. The molecule has 0 aromatic heterocycles. The number of benzene rings is 2. The van der Waals surface area contributed by atoms with Gasteiger partial charge in [0.2, 0.25) is 0 Å². The summed E-state index contributed by atoms with van der Waals surface area (Å²) in [7, 11) is 1.61. The van der Waals surface area contributed by atoms with Crippen LogP contribution in [0.2, 0.25) is 0 Å². The molecule has 1 N–H and O–H groups in total. The van der Waals surface area contributed by atoms with E-state index in [-0.39, 0.29) is 12.2 Å². The molecule has 0 saturated carbocycles. The first kappa shape index (κ1) is 14.5. The zero-order valence-corrected chi connectivity index (χ0v) is 11.8. The van der Waals surface area contributed by atoms with Crippen LogP contribution in [0.15, 0.2) is 48.5 Å². The first-order valence-electron chi connectivity index (χ1n) is 6.59. The molecule has 1 atom stereocenters. The first-order valence-corrected chi connectivity index (χ1v) is 6.59. The standard InChI is InChI=1S/C17H19FO2/c1-17(19,12-14-5-3-4-6-16(14)18)11-13-7-9-15(20-2)10-8-13/h3-10,19H,11-12H2,1-2H3. The molecule has 0 spiro atoms. The SMILES string of the molecule is COc1ccc(CC(C)(O)Cc2ccccc2F)cc1. The molecule has 0 heterocycles. The fraction of sp³-hybridized carbons (Fsp3) is 0.294. The predicted molar refractivity (Wildman–Crippen MR) is 77.4 cm³/mol. The third-order valence-electron chi connectivity index (χ3n) is 3.27. The van der Waals surface area contributed by atoms with Crippen LogP contribution in [0.4, 0.5) is 4.39 Å². The van der Waals surface area contributed by atoms with Gasteiger partial charge in [0.1, 0.15) is 11.6 Å². The minimum atomic E-state index is -0.989. The number of aliphatic hydroxyl groups is 1. The summed E-state index contributed by atoms with van der Waals surface area (Å²) in [6.45, 7) is 1.73. The number of methoxy groups -OCH3 is 1. The average molecular weight is 274 g/mol. The predicted octanol–water partition coefficient (Wildman–Crippen LogP) is 3.37. The lowest BCUT2D eigenvalue weighted by Gasteiger charge is -2.24. The summed E-state index contributed by atoms with van der Waals surface area (Å²) >= 11 is 0. The van der Waals surface area contributed by atoms with Crippen molar-refractivity contribution in [1.29, 1.82) is 0 Å². The Bertz CT molecular complexity index is 561. The Morgan fingerprint density at radius 2 is 1.70 bits per heavy atom. The maximum atomic E-state index is 13.6. The van der Waals surface area contributed by atoms with E-state index in [1.54, 1.807) is 32.2 Å². The van der Waals surface area contributed by atoms with Crippen molar-refractivity contribution in [2.24, 2.45) is 0 Å². The van der Waals surface area contributed by atoms with Crippen LogP contribution in [-0.4, -0.2) is 17.8 Å². The van der Waals surface area contributed by atoms with E-state index in [1.165, 1.54) is 6.07 Å². The molecule has 1 unspecified atom stereocenters. The van der Waals surface area contributed by atoms with E-state index < -0.39 is 5.60 Å². The molecular weight excluding hydrogens is 255 g/mol. The summed E-state index contributed by atoms with van der Waals surface area (Å²) in [4.78, 5) is 0. The molecule has 2 rings (SSSR count).